The molecule has 7 nitrogen and oxygen atoms in total. The van der Waals surface area contributed by atoms with Gasteiger partial charge < -0.3 is 19.7 Å². The number of amides is 1. The summed E-state index contributed by atoms with van der Waals surface area (Å²) in [5.41, 5.74) is -0.542. The molecular weight excluding hydrogens is 298 g/mol. The first-order chi connectivity index (χ1) is 10.9. The van der Waals surface area contributed by atoms with E-state index in [1.165, 1.54) is 19.2 Å². The van der Waals surface area contributed by atoms with Crippen LogP contribution < -0.4 is 10.1 Å². The Labute approximate surface area is 133 Å². The molecule has 1 aliphatic carbocycles. The Morgan fingerprint density at radius 3 is 2.74 bits per heavy atom. The molecule has 23 heavy (non-hydrogen) atoms. The maximum atomic E-state index is 12.6. The molecule has 2 N–H and O–H groups in total. The Balaban J connectivity index is 1.87. The monoisotopic (exact) mass is 317 g/mol. The van der Waals surface area contributed by atoms with E-state index in [9.17, 15) is 9.90 Å². The lowest BCUT2D eigenvalue weighted by Gasteiger charge is -2.27. The highest BCUT2D eigenvalue weighted by Gasteiger charge is 2.47. The van der Waals surface area contributed by atoms with E-state index < -0.39 is 5.54 Å². The molecule has 1 aliphatic rings. The molecule has 1 aromatic heterocycles. The highest BCUT2D eigenvalue weighted by molar-refractivity contribution is 5.97. The molecule has 0 bridgehead atoms. The zero-order chi connectivity index (χ0) is 16.6. The minimum Gasteiger partial charge on any atom is -0.507 e. The number of phenolic OH excluding ortho intramolecular Hbond substituents is 1. The lowest BCUT2D eigenvalue weighted by molar-refractivity contribution is 0.0882. The average molecular weight is 317 g/mol. The van der Waals surface area contributed by atoms with Gasteiger partial charge in [0.05, 0.1) is 12.7 Å². The number of rotatable bonds is 5. The number of nitrogens with one attached hydrogen (secondary N) is 1. The number of hydrogen-bond acceptors (Lipinski definition) is 6. The van der Waals surface area contributed by atoms with E-state index in [0.29, 0.717) is 17.5 Å². The second-order valence-corrected chi connectivity index (χ2v) is 5.95. The molecule has 0 unspecified atom stereocenters. The third-order valence-electron chi connectivity index (χ3n) is 4.21. The average Bonchev–Trinajstić information content (AvgIpc) is 3.29. The van der Waals surface area contributed by atoms with Gasteiger partial charge in [-0.05, 0) is 37.8 Å². The summed E-state index contributed by atoms with van der Waals surface area (Å²) in [4.78, 5) is 16.9. The van der Waals surface area contributed by atoms with E-state index in [-0.39, 0.29) is 23.1 Å². The second-order valence-electron chi connectivity index (χ2n) is 5.95. The van der Waals surface area contributed by atoms with Crippen LogP contribution in [0.2, 0.25) is 0 Å². The van der Waals surface area contributed by atoms with Crippen molar-refractivity contribution in [2.24, 2.45) is 5.92 Å². The normalized spacial score (nSPS) is 16.7. The van der Waals surface area contributed by atoms with Crippen molar-refractivity contribution in [2.75, 3.05) is 7.11 Å². The molecule has 1 heterocycles. The van der Waals surface area contributed by atoms with Gasteiger partial charge in [-0.1, -0.05) is 5.16 Å². The maximum absolute atomic E-state index is 12.6. The SMILES string of the molecule is COc1ccc(C(=O)N[C@](C)(c2noc(C)n2)C2CC2)c(O)c1. The second kappa shape index (κ2) is 5.57. The van der Waals surface area contributed by atoms with Gasteiger partial charge in [0.15, 0.2) is 5.82 Å². The maximum Gasteiger partial charge on any atom is 0.255 e. The van der Waals surface area contributed by atoms with Crippen molar-refractivity contribution in [2.45, 2.75) is 32.2 Å². The summed E-state index contributed by atoms with van der Waals surface area (Å²) >= 11 is 0. The molecular formula is C16H19N3O4. The van der Waals surface area contributed by atoms with Gasteiger partial charge in [-0.3, -0.25) is 4.79 Å². The van der Waals surface area contributed by atoms with Crippen LogP contribution in [-0.4, -0.2) is 28.3 Å². The van der Waals surface area contributed by atoms with Crippen LogP contribution >= 0.6 is 0 Å². The van der Waals surface area contributed by atoms with E-state index in [1.54, 1.807) is 13.0 Å². The molecule has 0 aliphatic heterocycles. The first-order valence-corrected chi connectivity index (χ1v) is 7.44. The van der Waals surface area contributed by atoms with Gasteiger partial charge in [0.1, 0.15) is 17.0 Å². The number of aryl methyl sites for hydroxylation is 1. The Morgan fingerprint density at radius 2 is 2.22 bits per heavy atom. The van der Waals surface area contributed by atoms with Gasteiger partial charge in [-0.25, -0.2) is 0 Å². The topological polar surface area (TPSA) is 97.5 Å². The molecule has 0 radical (unpaired) electrons. The van der Waals surface area contributed by atoms with E-state index in [1.807, 2.05) is 6.92 Å². The standard InChI is InChI=1S/C16H19N3O4/c1-9-17-15(19-23-9)16(2,10-4-5-10)18-14(21)12-7-6-11(22-3)8-13(12)20/h6-8,10,20H,4-5H2,1-3H3,(H,18,21)/t16-/m0/s1. The lowest BCUT2D eigenvalue weighted by Crippen LogP contribution is -2.46. The summed E-state index contributed by atoms with van der Waals surface area (Å²) in [6.45, 7) is 3.59. The minimum absolute atomic E-state index is 0.135. The molecule has 1 atom stereocenters. The van der Waals surface area contributed by atoms with Crippen LogP contribution in [-0.2, 0) is 5.54 Å². The number of hydrogen-bond donors (Lipinski definition) is 2. The number of carbonyl (C=O) groups is 1. The fourth-order valence-corrected chi connectivity index (χ4v) is 2.65. The number of phenols is 1. The van der Waals surface area contributed by atoms with Gasteiger partial charge in [0.2, 0.25) is 5.89 Å². The Morgan fingerprint density at radius 1 is 1.48 bits per heavy atom. The molecule has 2 aromatic rings. The molecule has 0 spiro atoms. The molecule has 1 fully saturated rings. The highest BCUT2D eigenvalue weighted by Crippen LogP contribution is 2.44. The number of carbonyl (C=O) groups excluding carboxylic acids is 1. The fraction of sp³-hybridized carbons (Fsp3) is 0.438. The van der Waals surface area contributed by atoms with E-state index in [4.69, 9.17) is 9.26 Å². The lowest BCUT2D eigenvalue weighted by atomic mass is 9.94. The fourth-order valence-electron chi connectivity index (χ4n) is 2.65. The van der Waals surface area contributed by atoms with Crippen molar-refractivity contribution in [3.63, 3.8) is 0 Å². The van der Waals surface area contributed by atoms with E-state index in [0.717, 1.165) is 12.8 Å². The number of ether oxygens (including phenoxy) is 1. The van der Waals surface area contributed by atoms with Crippen LogP contribution in [0.3, 0.4) is 0 Å². The Hall–Kier alpha value is -2.57. The predicted molar refractivity (Wildman–Crippen MR) is 81.2 cm³/mol. The van der Waals surface area contributed by atoms with Crippen LogP contribution in [0.25, 0.3) is 0 Å². The van der Waals surface area contributed by atoms with Crippen molar-refractivity contribution in [1.29, 1.82) is 0 Å². The zero-order valence-corrected chi connectivity index (χ0v) is 13.3. The predicted octanol–water partition coefficient (Wildman–Crippen LogP) is 2.15. The minimum atomic E-state index is -0.721. The molecule has 122 valence electrons. The summed E-state index contributed by atoms with van der Waals surface area (Å²) < 4.78 is 10.1. The van der Waals surface area contributed by atoms with Crippen molar-refractivity contribution in [1.82, 2.24) is 15.5 Å². The van der Waals surface area contributed by atoms with Crippen LogP contribution in [0.1, 0.15) is 41.8 Å². The number of aromatic nitrogens is 2. The highest BCUT2D eigenvalue weighted by atomic mass is 16.5. The third-order valence-corrected chi connectivity index (χ3v) is 4.21. The van der Waals surface area contributed by atoms with Gasteiger partial charge in [-0.15, -0.1) is 0 Å². The number of methoxy groups -OCH3 is 1. The van der Waals surface area contributed by atoms with Crippen LogP contribution in [0.15, 0.2) is 22.7 Å². The summed E-state index contributed by atoms with van der Waals surface area (Å²) in [5.74, 6) is 1.13. The quantitative estimate of drug-likeness (QED) is 0.877. The van der Waals surface area contributed by atoms with Crippen LogP contribution in [0.5, 0.6) is 11.5 Å². The number of aromatic hydroxyl groups is 1. The smallest absolute Gasteiger partial charge is 0.255 e. The van der Waals surface area contributed by atoms with Crippen molar-refractivity contribution < 1.29 is 19.2 Å². The molecule has 7 heteroatoms. The first-order valence-electron chi connectivity index (χ1n) is 7.44. The molecule has 1 saturated carbocycles. The number of nitrogens with zero attached hydrogens (tertiary/aromatic N) is 2. The van der Waals surface area contributed by atoms with Gasteiger partial charge in [-0.2, -0.15) is 4.98 Å². The summed E-state index contributed by atoms with van der Waals surface area (Å²) in [5, 5.41) is 16.9. The third kappa shape index (κ3) is 2.86. The molecule has 0 saturated heterocycles. The van der Waals surface area contributed by atoms with Crippen molar-refractivity contribution >= 4 is 5.91 Å². The van der Waals surface area contributed by atoms with E-state index >= 15 is 0 Å². The largest absolute Gasteiger partial charge is 0.507 e. The first kappa shape index (κ1) is 15.3. The Kier molecular flexibility index (Phi) is 3.71. The molecule has 1 aromatic carbocycles. The van der Waals surface area contributed by atoms with Gasteiger partial charge >= 0.3 is 0 Å². The van der Waals surface area contributed by atoms with Gasteiger partial charge in [0, 0.05) is 13.0 Å². The zero-order valence-electron chi connectivity index (χ0n) is 13.3. The molecule has 1 amide bonds. The van der Waals surface area contributed by atoms with Crippen LogP contribution in [0.4, 0.5) is 0 Å². The van der Waals surface area contributed by atoms with Crippen molar-refractivity contribution in [3.05, 3.63) is 35.5 Å². The Bertz CT molecular complexity index is 739. The van der Waals surface area contributed by atoms with Crippen molar-refractivity contribution in [3.8, 4) is 11.5 Å². The van der Waals surface area contributed by atoms with Crippen LogP contribution in [0, 0.1) is 12.8 Å². The molecule has 3 rings (SSSR count). The summed E-state index contributed by atoms with van der Waals surface area (Å²) in [6, 6.07) is 4.56. The summed E-state index contributed by atoms with van der Waals surface area (Å²) in [7, 11) is 1.50. The number of benzene rings is 1. The van der Waals surface area contributed by atoms with E-state index in [2.05, 4.69) is 15.5 Å². The summed E-state index contributed by atoms with van der Waals surface area (Å²) in [6.07, 6.45) is 1.97. The van der Waals surface area contributed by atoms with Gasteiger partial charge in [0.25, 0.3) is 5.91 Å².